The molecule has 0 aliphatic carbocycles. The van der Waals surface area contributed by atoms with Gasteiger partial charge in [-0.25, -0.2) is 4.79 Å². The number of benzene rings is 2. The average Bonchev–Trinajstić information content (AvgIpc) is 2.67. The van der Waals surface area contributed by atoms with Crippen LogP contribution in [-0.2, 0) is 0 Å². The molecule has 0 saturated heterocycles. The van der Waals surface area contributed by atoms with E-state index in [0.29, 0.717) is 10.9 Å². The molecule has 0 unspecified atom stereocenters. The third-order valence-electron chi connectivity index (χ3n) is 4.39. The molecule has 2 aromatic carbocycles. The summed E-state index contributed by atoms with van der Waals surface area (Å²) < 4.78 is 2.52. The summed E-state index contributed by atoms with van der Waals surface area (Å²) in [5.74, 6) is -0.210. The predicted octanol–water partition coefficient (Wildman–Crippen LogP) is 3.27. The molecule has 1 atom stereocenters. The number of aromatic nitrogens is 3. The van der Waals surface area contributed by atoms with E-state index in [9.17, 15) is 9.59 Å². The fourth-order valence-electron chi connectivity index (χ4n) is 3.15. The van der Waals surface area contributed by atoms with Crippen LogP contribution in [0.4, 0.5) is 5.69 Å². The van der Waals surface area contributed by atoms with Gasteiger partial charge in [-0.15, -0.1) is 0 Å². The number of carboxylic acids is 1. The number of fused-ring (bicyclic) bond motifs is 3. The molecule has 0 spiro atoms. The summed E-state index contributed by atoms with van der Waals surface area (Å²) >= 11 is 4.91. The number of carboxylic acid groups (broad SMARTS) is 1. The quantitative estimate of drug-likeness (QED) is 0.409. The van der Waals surface area contributed by atoms with E-state index in [0.717, 1.165) is 27.0 Å². The zero-order chi connectivity index (χ0) is 19.8. The Morgan fingerprint density at radius 3 is 2.71 bits per heavy atom. The molecular formula is C19H16BrN4O3S+. The van der Waals surface area contributed by atoms with Gasteiger partial charge in [-0.05, 0) is 52.9 Å². The van der Waals surface area contributed by atoms with E-state index in [1.807, 2.05) is 25.1 Å². The van der Waals surface area contributed by atoms with Crippen LogP contribution < -0.4 is 15.6 Å². The van der Waals surface area contributed by atoms with Crippen molar-refractivity contribution in [3.8, 4) is 11.3 Å². The molecule has 0 radical (unpaired) electrons. The van der Waals surface area contributed by atoms with Gasteiger partial charge >= 0.3 is 17.2 Å². The number of carbonyl (C=O) groups is 1. The Morgan fingerprint density at radius 2 is 2.04 bits per heavy atom. The monoisotopic (exact) mass is 459 g/mol. The van der Waals surface area contributed by atoms with Crippen molar-refractivity contribution in [2.45, 2.75) is 18.2 Å². The number of nitrogens with one attached hydrogen (secondary N) is 2. The number of halogens is 1. The lowest BCUT2D eigenvalue weighted by atomic mass is 10.0. The third-order valence-corrected chi connectivity index (χ3v) is 5.63. The Bertz CT molecular complexity index is 1130. The zero-order valence-corrected chi connectivity index (χ0v) is 17.2. The number of nitrogens with zero attached hydrogens (tertiary/aromatic N) is 2. The highest BCUT2D eigenvalue weighted by molar-refractivity contribution is 9.10. The minimum atomic E-state index is -0.984. The summed E-state index contributed by atoms with van der Waals surface area (Å²) in [6.07, 6.45) is -0.440. The van der Waals surface area contributed by atoms with Gasteiger partial charge in [0.25, 0.3) is 6.17 Å². The van der Waals surface area contributed by atoms with E-state index in [2.05, 4.69) is 31.3 Å². The van der Waals surface area contributed by atoms with Gasteiger partial charge in [-0.2, -0.15) is 0 Å². The summed E-state index contributed by atoms with van der Waals surface area (Å²) in [7, 11) is 0. The first-order valence-corrected chi connectivity index (χ1v) is 10.3. The topological polar surface area (TPSA) is 99.0 Å². The summed E-state index contributed by atoms with van der Waals surface area (Å²) in [4.78, 5) is 26.9. The molecule has 2 heterocycles. The van der Waals surface area contributed by atoms with Gasteiger partial charge in [0, 0.05) is 15.1 Å². The van der Waals surface area contributed by atoms with Gasteiger partial charge in [0.15, 0.2) is 0 Å². The summed E-state index contributed by atoms with van der Waals surface area (Å²) in [6, 6.07) is 12.2. The summed E-state index contributed by atoms with van der Waals surface area (Å²) in [5, 5.41) is 17.7. The van der Waals surface area contributed by atoms with Crippen LogP contribution in [-0.4, -0.2) is 26.9 Å². The third kappa shape index (κ3) is 3.31. The molecule has 1 aliphatic rings. The summed E-state index contributed by atoms with van der Waals surface area (Å²) in [5.41, 5.74) is 2.78. The van der Waals surface area contributed by atoms with E-state index in [1.165, 1.54) is 11.8 Å². The number of hydrogen-bond donors (Lipinski definition) is 3. The van der Waals surface area contributed by atoms with E-state index in [4.69, 9.17) is 5.11 Å². The van der Waals surface area contributed by atoms with Crippen molar-refractivity contribution in [3.05, 3.63) is 68.4 Å². The molecule has 3 aromatic rings. The fraction of sp³-hybridized carbons (Fsp3) is 0.158. The van der Waals surface area contributed by atoms with Crippen LogP contribution >= 0.6 is 27.7 Å². The van der Waals surface area contributed by atoms with Gasteiger partial charge in [0.05, 0.1) is 16.8 Å². The lowest BCUT2D eigenvalue weighted by molar-refractivity contribution is -0.759. The highest BCUT2D eigenvalue weighted by atomic mass is 79.9. The number of aromatic amines is 1. The van der Waals surface area contributed by atoms with Crippen LogP contribution in [0.1, 0.15) is 29.0 Å². The average molecular weight is 460 g/mol. The van der Waals surface area contributed by atoms with Crippen molar-refractivity contribution in [3.63, 3.8) is 0 Å². The first-order valence-electron chi connectivity index (χ1n) is 8.56. The van der Waals surface area contributed by atoms with Gasteiger partial charge in [-0.3, -0.25) is 9.78 Å². The van der Waals surface area contributed by atoms with Gasteiger partial charge in [-0.1, -0.05) is 34.6 Å². The molecule has 3 N–H and O–H groups in total. The largest absolute Gasteiger partial charge is 0.478 e. The molecule has 1 aromatic heterocycles. The smallest absolute Gasteiger partial charge is 0.335 e. The summed E-state index contributed by atoms with van der Waals surface area (Å²) in [6.45, 7) is 1.99. The standard InChI is InChI=1S/C19H15BrN4O3S/c1-2-28-19-22-17(25)15-13-9-12(20)7-8-14(13)21-16(24(15)23-19)10-3-5-11(6-4-10)18(26)27/h3-9,16H,2H2,1H3,(H2,22,23,25,26,27)/p+1/t16-/m0/s1. The van der Waals surface area contributed by atoms with Crippen LogP contribution in [0, 0.1) is 0 Å². The Morgan fingerprint density at radius 1 is 1.29 bits per heavy atom. The van der Waals surface area contributed by atoms with E-state index in [1.54, 1.807) is 28.9 Å². The van der Waals surface area contributed by atoms with E-state index < -0.39 is 12.1 Å². The zero-order valence-electron chi connectivity index (χ0n) is 14.8. The number of thioether (sulfide) groups is 1. The Balaban J connectivity index is 1.91. The molecule has 0 amide bonds. The highest BCUT2D eigenvalue weighted by Crippen LogP contribution is 2.34. The first kappa shape index (κ1) is 18.7. The first-order chi connectivity index (χ1) is 13.5. The van der Waals surface area contributed by atoms with Crippen molar-refractivity contribution in [1.29, 1.82) is 0 Å². The molecule has 0 bridgehead atoms. The maximum absolute atomic E-state index is 12.9. The van der Waals surface area contributed by atoms with Gasteiger partial charge < -0.3 is 10.4 Å². The SMILES string of the molecule is CCSc1n[n+]2c(c(=O)[nH]1)-c1cc(Br)ccc1N[C@@H]2c1ccc(C(=O)O)cc1. The van der Waals surface area contributed by atoms with Gasteiger partial charge in [0.1, 0.15) is 0 Å². The highest BCUT2D eigenvalue weighted by Gasteiger charge is 2.37. The molecule has 1 aliphatic heterocycles. The van der Waals surface area contributed by atoms with Crippen molar-refractivity contribution >= 4 is 39.3 Å². The second-order valence-corrected chi connectivity index (χ2v) is 8.32. The van der Waals surface area contributed by atoms with E-state index in [-0.39, 0.29) is 11.1 Å². The van der Waals surface area contributed by atoms with Crippen LogP contribution in [0.25, 0.3) is 11.3 Å². The van der Waals surface area contributed by atoms with Crippen molar-refractivity contribution in [1.82, 2.24) is 10.1 Å². The van der Waals surface area contributed by atoms with Crippen molar-refractivity contribution < 1.29 is 14.6 Å². The van der Waals surface area contributed by atoms with Crippen molar-refractivity contribution in [2.24, 2.45) is 0 Å². The Kier molecular flexibility index (Phi) is 4.94. The normalized spacial score (nSPS) is 14.7. The number of hydrogen-bond acceptors (Lipinski definition) is 5. The maximum atomic E-state index is 12.9. The number of rotatable bonds is 4. The van der Waals surface area contributed by atoms with Crippen molar-refractivity contribution in [2.75, 3.05) is 11.1 Å². The van der Waals surface area contributed by atoms with Crippen LogP contribution in [0.5, 0.6) is 0 Å². The minimum absolute atomic E-state index is 0.204. The second-order valence-electron chi connectivity index (χ2n) is 6.15. The number of anilines is 1. The fourth-order valence-corrected chi connectivity index (χ4v) is 4.09. The molecule has 9 heteroatoms. The van der Waals surface area contributed by atoms with Crippen LogP contribution in [0.2, 0.25) is 0 Å². The van der Waals surface area contributed by atoms with E-state index >= 15 is 0 Å². The molecule has 7 nitrogen and oxygen atoms in total. The number of H-pyrrole nitrogens is 1. The van der Waals surface area contributed by atoms with Gasteiger partial charge in [0.2, 0.25) is 5.16 Å². The lowest BCUT2D eigenvalue weighted by Gasteiger charge is -2.22. The maximum Gasteiger partial charge on any atom is 0.335 e. The molecule has 142 valence electrons. The number of aromatic carboxylic acids is 1. The molecule has 4 rings (SSSR count). The molecule has 28 heavy (non-hydrogen) atoms. The lowest BCUT2D eigenvalue weighted by Crippen LogP contribution is -2.55. The molecule has 0 saturated carbocycles. The Hall–Kier alpha value is -2.65. The second kappa shape index (κ2) is 7.40. The van der Waals surface area contributed by atoms with Crippen LogP contribution in [0.3, 0.4) is 0 Å². The Labute approximate surface area is 172 Å². The minimum Gasteiger partial charge on any atom is -0.478 e. The molecule has 0 fully saturated rings. The molecular weight excluding hydrogens is 444 g/mol. The predicted molar refractivity (Wildman–Crippen MR) is 110 cm³/mol. The van der Waals surface area contributed by atoms with Crippen LogP contribution in [0.15, 0.2) is 56.9 Å².